The second kappa shape index (κ2) is 6.10. The van der Waals surface area contributed by atoms with E-state index in [1.54, 1.807) is 0 Å². The molecule has 1 N–H and O–H groups in total. The van der Waals surface area contributed by atoms with E-state index in [1.807, 2.05) is 30.3 Å². The van der Waals surface area contributed by atoms with E-state index in [1.165, 1.54) is 11.1 Å². The van der Waals surface area contributed by atoms with Crippen molar-refractivity contribution in [3.8, 4) is 16.9 Å². The van der Waals surface area contributed by atoms with Gasteiger partial charge in [0, 0.05) is 6.42 Å². The van der Waals surface area contributed by atoms with Gasteiger partial charge in [0.25, 0.3) is 0 Å². The molecule has 3 rings (SSSR count). The summed E-state index contributed by atoms with van der Waals surface area (Å²) >= 11 is 0. The number of rotatable bonds is 3. The molecule has 2 atom stereocenters. The van der Waals surface area contributed by atoms with Crippen molar-refractivity contribution in [3.05, 3.63) is 54.6 Å². The van der Waals surface area contributed by atoms with E-state index in [0.717, 1.165) is 31.4 Å². The lowest BCUT2D eigenvalue weighted by molar-refractivity contribution is 0.0536. The number of ether oxygens (including phenoxy) is 1. The second-order valence-electron chi connectivity index (χ2n) is 5.45. The third-order valence-corrected chi connectivity index (χ3v) is 3.86. The van der Waals surface area contributed by atoms with Gasteiger partial charge in [-0.15, -0.1) is 0 Å². The van der Waals surface area contributed by atoms with Gasteiger partial charge in [0.1, 0.15) is 11.9 Å². The molecule has 1 saturated carbocycles. The molecule has 104 valence electrons. The minimum Gasteiger partial charge on any atom is -0.490 e. The van der Waals surface area contributed by atoms with Crippen LogP contribution < -0.4 is 4.74 Å². The molecule has 1 aliphatic carbocycles. The molecule has 0 aromatic heterocycles. The highest BCUT2D eigenvalue weighted by Crippen LogP contribution is 2.26. The first kappa shape index (κ1) is 13.2. The molecular weight excluding hydrogens is 248 g/mol. The molecule has 0 spiro atoms. The highest BCUT2D eigenvalue weighted by Gasteiger charge is 2.21. The lowest BCUT2D eigenvalue weighted by Gasteiger charge is -2.26. The molecule has 0 heterocycles. The van der Waals surface area contributed by atoms with Crippen LogP contribution in [0.25, 0.3) is 11.1 Å². The van der Waals surface area contributed by atoms with Crippen LogP contribution >= 0.6 is 0 Å². The fraction of sp³-hybridized carbons (Fsp3) is 0.333. The van der Waals surface area contributed by atoms with E-state index in [0.29, 0.717) is 0 Å². The lowest BCUT2D eigenvalue weighted by Crippen LogP contribution is -2.28. The minimum atomic E-state index is -0.197. The first-order valence-electron chi connectivity index (χ1n) is 7.31. The Morgan fingerprint density at radius 1 is 0.850 bits per heavy atom. The first-order chi connectivity index (χ1) is 9.81. The molecule has 2 heteroatoms. The van der Waals surface area contributed by atoms with Gasteiger partial charge in [0.05, 0.1) is 6.10 Å². The predicted molar refractivity (Wildman–Crippen MR) is 80.8 cm³/mol. The average molecular weight is 268 g/mol. The topological polar surface area (TPSA) is 29.5 Å². The van der Waals surface area contributed by atoms with Crippen LogP contribution in [0.5, 0.6) is 5.75 Å². The third kappa shape index (κ3) is 3.20. The van der Waals surface area contributed by atoms with E-state index < -0.39 is 0 Å². The molecule has 0 aliphatic heterocycles. The Morgan fingerprint density at radius 2 is 1.55 bits per heavy atom. The summed E-state index contributed by atoms with van der Waals surface area (Å²) in [5.41, 5.74) is 2.41. The Balaban J connectivity index is 1.67. The van der Waals surface area contributed by atoms with Crippen LogP contribution in [0.3, 0.4) is 0 Å². The van der Waals surface area contributed by atoms with Gasteiger partial charge in [-0.3, -0.25) is 0 Å². The van der Waals surface area contributed by atoms with E-state index in [-0.39, 0.29) is 12.2 Å². The fourth-order valence-corrected chi connectivity index (χ4v) is 2.78. The molecule has 0 radical (unpaired) electrons. The summed E-state index contributed by atoms with van der Waals surface area (Å²) < 4.78 is 5.96. The van der Waals surface area contributed by atoms with Gasteiger partial charge in [0.2, 0.25) is 0 Å². The van der Waals surface area contributed by atoms with Crippen molar-refractivity contribution in [2.75, 3.05) is 0 Å². The Kier molecular flexibility index (Phi) is 4.03. The Labute approximate surface area is 120 Å². The molecule has 0 bridgehead atoms. The number of aliphatic hydroxyl groups is 1. The number of hydrogen-bond acceptors (Lipinski definition) is 2. The predicted octanol–water partition coefficient (Wildman–Crippen LogP) is 4.04. The van der Waals surface area contributed by atoms with Crippen LogP contribution in [-0.2, 0) is 0 Å². The molecule has 2 nitrogen and oxygen atoms in total. The summed E-state index contributed by atoms with van der Waals surface area (Å²) in [5.74, 6) is 0.892. The molecule has 0 amide bonds. The quantitative estimate of drug-likeness (QED) is 0.910. The number of benzene rings is 2. The van der Waals surface area contributed by atoms with Crippen molar-refractivity contribution < 1.29 is 9.84 Å². The van der Waals surface area contributed by atoms with Gasteiger partial charge in [-0.05, 0) is 42.5 Å². The standard InChI is InChI=1S/C18H20O2/c19-16-7-4-8-18(13-16)20-17-11-9-15(10-12-17)14-5-2-1-3-6-14/h1-3,5-6,9-12,16,18-19H,4,7-8,13H2. The molecule has 0 saturated heterocycles. The van der Waals surface area contributed by atoms with Gasteiger partial charge in [-0.2, -0.15) is 0 Å². The summed E-state index contributed by atoms with van der Waals surface area (Å²) in [4.78, 5) is 0. The molecular formula is C18H20O2. The smallest absolute Gasteiger partial charge is 0.119 e. The maximum atomic E-state index is 9.67. The highest BCUT2D eigenvalue weighted by atomic mass is 16.5. The SMILES string of the molecule is OC1CCCC(Oc2ccc(-c3ccccc3)cc2)C1. The van der Waals surface area contributed by atoms with Gasteiger partial charge in [-0.25, -0.2) is 0 Å². The Morgan fingerprint density at radius 3 is 2.25 bits per heavy atom. The van der Waals surface area contributed by atoms with Gasteiger partial charge in [-0.1, -0.05) is 42.5 Å². The van der Waals surface area contributed by atoms with Crippen LogP contribution in [0.4, 0.5) is 0 Å². The maximum Gasteiger partial charge on any atom is 0.119 e. The summed E-state index contributed by atoms with van der Waals surface area (Å²) in [6.45, 7) is 0. The monoisotopic (exact) mass is 268 g/mol. The normalized spacial score (nSPS) is 22.4. The fourth-order valence-electron chi connectivity index (χ4n) is 2.78. The van der Waals surface area contributed by atoms with Crippen molar-refractivity contribution in [3.63, 3.8) is 0 Å². The average Bonchev–Trinajstić information content (AvgIpc) is 2.49. The summed E-state index contributed by atoms with van der Waals surface area (Å²) in [5, 5.41) is 9.67. The van der Waals surface area contributed by atoms with Crippen LogP contribution in [0.15, 0.2) is 54.6 Å². The first-order valence-corrected chi connectivity index (χ1v) is 7.31. The molecule has 1 fully saturated rings. The Bertz CT molecular complexity index is 533. The van der Waals surface area contributed by atoms with Crippen molar-refractivity contribution in [2.24, 2.45) is 0 Å². The molecule has 2 unspecified atom stereocenters. The van der Waals surface area contributed by atoms with Crippen molar-refractivity contribution in [1.82, 2.24) is 0 Å². The van der Waals surface area contributed by atoms with E-state index in [4.69, 9.17) is 4.74 Å². The zero-order chi connectivity index (χ0) is 13.8. The summed E-state index contributed by atoms with van der Waals surface area (Å²) in [6.07, 6.45) is 3.71. The Hall–Kier alpha value is -1.80. The van der Waals surface area contributed by atoms with Gasteiger partial charge >= 0.3 is 0 Å². The van der Waals surface area contributed by atoms with E-state index >= 15 is 0 Å². The molecule has 2 aromatic carbocycles. The van der Waals surface area contributed by atoms with Gasteiger partial charge in [0.15, 0.2) is 0 Å². The van der Waals surface area contributed by atoms with Gasteiger partial charge < -0.3 is 9.84 Å². The number of aliphatic hydroxyl groups excluding tert-OH is 1. The molecule has 1 aliphatic rings. The maximum absolute atomic E-state index is 9.67. The van der Waals surface area contributed by atoms with Crippen LogP contribution in [-0.4, -0.2) is 17.3 Å². The van der Waals surface area contributed by atoms with Crippen LogP contribution in [0.2, 0.25) is 0 Å². The van der Waals surface area contributed by atoms with E-state index in [2.05, 4.69) is 24.3 Å². The van der Waals surface area contributed by atoms with Crippen molar-refractivity contribution in [1.29, 1.82) is 0 Å². The van der Waals surface area contributed by atoms with Crippen LogP contribution in [0, 0.1) is 0 Å². The lowest BCUT2D eigenvalue weighted by atomic mass is 9.95. The molecule has 20 heavy (non-hydrogen) atoms. The number of hydrogen-bond donors (Lipinski definition) is 1. The summed E-state index contributed by atoms with van der Waals surface area (Å²) in [7, 11) is 0. The second-order valence-corrected chi connectivity index (χ2v) is 5.45. The third-order valence-electron chi connectivity index (χ3n) is 3.86. The van der Waals surface area contributed by atoms with Crippen LogP contribution in [0.1, 0.15) is 25.7 Å². The zero-order valence-corrected chi connectivity index (χ0v) is 11.5. The largest absolute Gasteiger partial charge is 0.490 e. The van der Waals surface area contributed by atoms with Crippen molar-refractivity contribution >= 4 is 0 Å². The zero-order valence-electron chi connectivity index (χ0n) is 11.5. The highest BCUT2D eigenvalue weighted by molar-refractivity contribution is 5.63. The van der Waals surface area contributed by atoms with E-state index in [9.17, 15) is 5.11 Å². The summed E-state index contributed by atoms with van der Waals surface area (Å²) in [6, 6.07) is 18.5. The minimum absolute atomic E-state index is 0.154. The molecule has 2 aromatic rings. The van der Waals surface area contributed by atoms with Crippen molar-refractivity contribution in [2.45, 2.75) is 37.9 Å².